The molecule has 3 aromatic rings. The van der Waals surface area contributed by atoms with E-state index in [4.69, 9.17) is 0 Å². The molecule has 8 heteroatoms. The van der Waals surface area contributed by atoms with Gasteiger partial charge in [-0.25, -0.2) is 14.8 Å². The lowest BCUT2D eigenvalue weighted by atomic mass is 9.99. The molecular formula is C30H35N5O3. The third kappa shape index (κ3) is 5.09. The fourth-order valence-corrected chi connectivity index (χ4v) is 5.61. The first-order valence-electron chi connectivity index (χ1n) is 13.4. The molecule has 8 nitrogen and oxygen atoms in total. The van der Waals surface area contributed by atoms with E-state index in [-0.39, 0.29) is 30.9 Å². The SMILES string of the molecule is CCCC[C@H]1C(=O)N(Cc2cccc3ccccc23)C[C@H]2N1C(=O)CN(C)N2C(=O)NCc1ccccc1. The molecule has 0 aliphatic carbocycles. The van der Waals surface area contributed by atoms with Gasteiger partial charge in [-0.3, -0.25) is 9.59 Å². The van der Waals surface area contributed by atoms with Crippen molar-refractivity contribution in [3.63, 3.8) is 0 Å². The number of urea groups is 1. The molecule has 198 valence electrons. The number of hydrazine groups is 1. The summed E-state index contributed by atoms with van der Waals surface area (Å²) in [5, 5.41) is 8.52. The van der Waals surface area contributed by atoms with Gasteiger partial charge in [-0.15, -0.1) is 0 Å². The fraction of sp³-hybridized carbons (Fsp3) is 0.367. The largest absolute Gasteiger partial charge is 0.334 e. The normalized spacial score (nSPS) is 20.1. The van der Waals surface area contributed by atoms with Gasteiger partial charge < -0.3 is 15.1 Å². The predicted octanol–water partition coefficient (Wildman–Crippen LogP) is 3.97. The number of piperazine rings is 1. The van der Waals surface area contributed by atoms with Crippen LogP contribution in [-0.2, 0) is 22.7 Å². The Bertz CT molecular complexity index is 1310. The number of fused-ring (bicyclic) bond motifs is 2. The van der Waals surface area contributed by atoms with Crippen molar-refractivity contribution in [2.75, 3.05) is 20.1 Å². The molecule has 0 bridgehead atoms. The van der Waals surface area contributed by atoms with Crippen LogP contribution < -0.4 is 5.32 Å². The molecule has 2 aliphatic rings. The summed E-state index contributed by atoms with van der Waals surface area (Å²) in [6.07, 6.45) is 1.74. The Hall–Kier alpha value is -3.91. The highest BCUT2D eigenvalue weighted by atomic mass is 16.2. The first-order valence-corrected chi connectivity index (χ1v) is 13.4. The van der Waals surface area contributed by atoms with Gasteiger partial charge in [0.25, 0.3) is 0 Å². The Morgan fingerprint density at radius 3 is 2.50 bits per heavy atom. The van der Waals surface area contributed by atoms with E-state index in [0.717, 1.165) is 34.7 Å². The van der Waals surface area contributed by atoms with Crippen LogP contribution in [0.4, 0.5) is 4.79 Å². The summed E-state index contributed by atoms with van der Waals surface area (Å²) in [7, 11) is 1.75. The van der Waals surface area contributed by atoms with Gasteiger partial charge in [-0.1, -0.05) is 92.6 Å². The molecule has 3 aromatic carbocycles. The molecule has 2 saturated heterocycles. The molecular weight excluding hydrogens is 478 g/mol. The van der Waals surface area contributed by atoms with Crippen LogP contribution >= 0.6 is 0 Å². The third-order valence-corrected chi connectivity index (χ3v) is 7.51. The van der Waals surface area contributed by atoms with Crippen LogP contribution in [0.3, 0.4) is 0 Å². The van der Waals surface area contributed by atoms with Crippen LogP contribution in [0.15, 0.2) is 72.8 Å². The quantitative estimate of drug-likeness (QED) is 0.519. The van der Waals surface area contributed by atoms with Crippen molar-refractivity contribution >= 4 is 28.6 Å². The number of benzene rings is 3. The topological polar surface area (TPSA) is 76.2 Å². The standard InChI is InChI=1S/C30H35N5O3/c1-3-4-17-26-29(37)33(19-24-15-10-14-23-13-8-9-16-25(23)24)20-27-34(26)28(36)21-32(2)35(27)30(38)31-18-22-11-6-5-7-12-22/h5-16,26-27H,3-4,17-21H2,1-2H3,(H,31,38)/t26-,27-/m0/s1. The maximum atomic E-state index is 13.8. The molecule has 0 aromatic heterocycles. The van der Waals surface area contributed by atoms with Gasteiger partial charge in [0.2, 0.25) is 11.8 Å². The van der Waals surface area contributed by atoms with Crippen molar-refractivity contribution in [1.82, 2.24) is 25.1 Å². The number of hydrogen-bond acceptors (Lipinski definition) is 4. The zero-order valence-corrected chi connectivity index (χ0v) is 22.0. The van der Waals surface area contributed by atoms with Crippen molar-refractivity contribution < 1.29 is 14.4 Å². The number of hydrogen-bond donors (Lipinski definition) is 1. The van der Waals surface area contributed by atoms with Crippen molar-refractivity contribution in [1.29, 1.82) is 0 Å². The molecule has 0 spiro atoms. The minimum absolute atomic E-state index is 0.0501. The second-order valence-corrected chi connectivity index (χ2v) is 10.1. The molecule has 0 unspecified atom stereocenters. The Labute approximate surface area is 223 Å². The lowest BCUT2D eigenvalue weighted by Gasteiger charge is -2.54. The second-order valence-electron chi connectivity index (χ2n) is 10.1. The highest BCUT2D eigenvalue weighted by Crippen LogP contribution is 2.30. The van der Waals surface area contributed by atoms with Crippen LogP contribution in [0.5, 0.6) is 0 Å². The Morgan fingerprint density at radius 1 is 0.974 bits per heavy atom. The van der Waals surface area contributed by atoms with E-state index in [0.29, 0.717) is 19.5 Å². The van der Waals surface area contributed by atoms with E-state index in [1.54, 1.807) is 22.0 Å². The molecule has 1 N–H and O–H groups in total. The lowest BCUT2D eigenvalue weighted by molar-refractivity contribution is -0.188. The summed E-state index contributed by atoms with van der Waals surface area (Å²) in [6, 6.07) is 23.1. The van der Waals surface area contributed by atoms with Gasteiger partial charge >= 0.3 is 6.03 Å². The molecule has 2 fully saturated rings. The van der Waals surface area contributed by atoms with Crippen molar-refractivity contribution in [2.24, 2.45) is 0 Å². The molecule has 5 rings (SSSR count). The van der Waals surface area contributed by atoms with Crippen LogP contribution in [0.25, 0.3) is 10.8 Å². The van der Waals surface area contributed by atoms with E-state index >= 15 is 0 Å². The second kappa shape index (κ2) is 11.2. The lowest BCUT2D eigenvalue weighted by Crippen LogP contribution is -2.75. The van der Waals surface area contributed by atoms with Crippen LogP contribution in [0, 0.1) is 0 Å². The zero-order chi connectivity index (χ0) is 26.6. The van der Waals surface area contributed by atoms with E-state index in [9.17, 15) is 14.4 Å². The average molecular weight is 514 g/mol. The summed E-state index contributed by atoms with van der Waals surface area (Å²) in [4.78, 5) is 44.2. The minimum Gasteiger partial charge on any atom is -0.333 e. The first-order chi connectivity index (χ1) is 18.5. The smallest absolute Gasteiger partial charge is 0.333 e. The molecule has 38 heavy (non-hydrogen) atoms. The highest BCUT2D eigenvalue weighted by molar-refractivity contribution is 5.92. The number of amides is 4. The van der Waals surface area contributed by atoms with Crippen molar-refractivity contribution in [2.45, 2.75) is 51.5 Å². The summed E-state index contributed by atoms with van der Waals surface area (Å²) in [6.45, 7) is 3.18. The third-order valence-electron chi connectivity index (χ3n) is 7.51. The summed E-state index contributed by atoms with van der Waals surface area (Å²) < 4.78 is 0. The number of likely N-dealkylation sites (N-methyl/N-ethyl adjacent to an activating group) is 1. The Morgan fingerprint density at radius 2 is 1.71 bits per heavy atom. The molecule has 0 radical (unpaired) electrons. The first kappa shape index (κ1) is 25.7. The monoisotopic (exact) mass is 513 g/mol. The summed E-state index contributed by atoms with van der Waals surface area (Å²) >= 11 is 0. The highest BCUT2D eigenvalue weighted by Gasteiger charge is 2.50. The Balaban J connectivity index is 1.44. The maximum absolute atomic E-state index is 13.8. The van der Waals surface area contributed by atoms with Crippen LogP contribution in [0.1, 0.15) is 37.3 Å². The summed E-state index contributed by atoms with van der Waals surface area (Å²) in [5.41, 5.74) is 2.04. The Kier molecular flexibility index (Phi) is 7.60. The molecule has 2 atom stereocenters. The maximum Gasteiger partial charge on any atom is 0.334 e. The van der Waals surface area contributed by atoms with Crippen LogP contribution in [-0.4, -0.2) is 70.0 Å². The predicted molar refractivity (Wildman–Crippen MR) is 146 cm³/mol. The molecule has 4 amide bonds. The number of carbonyl (C=O) groups is 3. The number of nitrogens with one attached hydrogen (secondary N) is 1. The van der Waals surface area contributed by atoms with Gasteiger partial charge in [0, 0.05) is 20.1 Å². The van der Waals surface area contributed by atoms with Gasteiger partial charge in [-0.2, -0.15) is 0 Å². The molecule has 0 saturated carbocycles. The summed E-state index contributed by atoms with van der Waals surface area (Å²) in [5.74, 6) is -0.172. The van der Waals surface area contributed by atoms with Gasteiger partial charge in [0.15, 0.2) is 0 Å². The van der Waals surface area contributed by atoms with E-state index in [1.807, 2.05) is 59.5 Å². The zero-order valence-electron chi connectivity index (χ0n) is 22.0. The van der Waals surface area contributed by atoms with Gasteiger partial charge in [-0.05, 0) is 28.3 Å². The number of carbonyl (C=O) groups excluding carboxylic acids is 3. The average Bonchev–Trinajstić information content (AvgIpc) is 2.93. The number of nitrogens with zero attached hydrogens (tertiary/aromatic N) is 4. The number of unbranched alkanes of at least 4 members (excludes halogenated alkanes) is 1. The van der Waals surface area contributed by atoms with Crippen molar-refractivity contribution in [3.8, 4) is 0 Å². The number of rotatable bonds is 7. The van der Waals surface area contributed by atoms with Gasteiger partial charge in [0.05, 0.1) is 13.1 Å². The molecule has 2 aliphatic heterocycles. The van der Waals surface area contributed by atoms with E-state index in [1.165, 1.54) is 0 Å². The van der Waals surface area contributed by atoms with E-state index < -0.39 is 12.2 Å². The van der Waals surface area contributed by atoms with Crippen LogP contribution in [0.2, 0.25) is 0 Å². The van der Waals surface area contributed by atoms with Gasteiger partial charge in [0.1, 0.15) is 12.2 Å². The fourth-order valence-electron chi connectivity index (χ4n) is 5.61. The minimum atomic E-state index is -0.589. The van der Waals surface area contributed by atoms with Crippen molar-refractivity contribution in [3.05, 3.63) is 83.9 Å². The van der Waals surface area contributed by atoms with E-state index in [2.05, 4.69) is 30.4 Å². The molecule has 2 heterocycles.